The largest absolute Gasteiger partial charge is 0.481 e. The summed E-state index contributed by atoms with van der Waals surface area (Å²) in [5.41, 5.74) is 1.14. The minimum Gasteiger partial charge on any atom is -0.481 e. The molecule has 19 heavy (non-hydrogen) atoms. The maximum absolute atomic E-state index is 12.5. The van der Waals surface area contributed by atoms with E-state index in [9.17, 15) is 9.59 Å². The molecule has 1 aromatic rings. The molecule has 1 fully saturated rings. The molecule has 6 heteroatoms. The fourth-order valence-corrected chi connectivity index (χ4v) is 5.05. The molecule has 0 bridgehead atoms. The maximum Gasteiger partial charge on any atom is 0.308 e. The van der Waals surface area contributed by atoms with Gasteiger partial charge in [-0.05, 0) is 35.6 Å². The molecule has 102 valence electrons. The van der Waals surface area contributed by atoms with Crippen LogP contribution in [0, 0.1) is 5.92 Å². The highest BCUT2D eigenvalue weighted by molar-refractivity contribution is 8.00. The van der Waals surface area contributed by atoms with Crippen molar-refractivity contribution in [1.82, 2.24) is 4.90 Å². The minimum absolute atomic E-state index is 0.0908. The van der Waals surface area contributed by atoms with Gasteiger partial charge < -0.3 is 10.0 Å². The average molecular weight is 297 g/mol. The molecule has 0 aliphatic carbocycles. The van der Waals surface area contributed by atoms with Gasteiger partial charge in [-0.15, -0.1) is 23.1 Å². The number of carbonyl (C=O) groups is 2. The number of aliphatic carboxylic acids is 1. The Balaban J connectivity index is 1.74. The van der Waals surface area contributed by atoms with Gasteiger partial charge in [0, 0.05) is 18.0 Å². The van der Waals surface area contributed by atoms with E-state index in [0.29, 0.717) is 19.5 Å². The Morgan fingerprint density at radius 3 is 3.00 bits per heavy atom. The molecule has 0 unspecified atom stereocenters. The van der Waals surface area contributed by atoms with Crippen molar-refractivity contribution >= 4 is 35.0 Å². The predicted octanol–water partition coefficient (Wildman–Crippen LogP) is 2.01. The lowest BCUT2D eigenvalue weighted by Gasteiger charge is -2.26. The lowest BCUT2D eigenvalue weighted by atomic mass is 10.1. The first-order valence-electron chi connectivity index (χ1n) is 6.36. The summed E-state index contributed by atoms with van der Waals surface area (Å²) in [4.78, 5) is 26.5. The molecular formula is C13H15NO3S2. The fourth-order valence-electron chi connectivity index (χ4n) is 2.68. The van der Waals surface area contributed by atoms with E-state index in [1.165, 1.54) is 4.88 Å². The Morgan fingerprint density at radius 1 is 1.42 bits per heavy atom. The zero-order valence-corrected chi connectivity index (χ0v) is 12.0. The second-order valence-electron chi connectivity index (χ2n) is 4.91. The quantitative estimate of drug-likeness (QED) is 0.907. The number of carboxylic acid groups (broad SMARTS) is 1. The van der Waals surface area contributed by atoms with Crippen molar-refractivity contribution in [3.05, 3.63) is 21.9 Å². The molecule has 1 aromatic heterocycles. The maximum atomic E-state index is 12.5. The van der Waals surface area contributed by atoms with Crippen LogP contribution in [0.1, 0.15) is 22.1 Å². The molecule has 2 aliphatic heterocycles. The predicted molar refractivity (Wildman–Crippen MR) is 75.5 cm³/mol. The summed E-state index contributed by atoms with van der Waals surface area (Å²) >= 11 is 3.40. The van der Waals surface area contributed by atoms with Gasteiger partial charge in [-0.25, -0.2) is 0 Å². The first-order chi connectivity index (χ1) is 9.16. The van der Waals surface area contributed by atoms with Gasteiger partial charge in [-0.2, -0.15) is 0 Å². The Morgan fingerprint density at radius 2 is 2.26 bits per heavy atom. The summed E-state index contributed by atoms with van der Waals surface area (Å²) in [5.74, 6) is -0.115. The Bertz CT molecular complexity index is 514. The second kappa shape index (κ2) is 5.17. The summed E-state index contributed by atoms with van der Waals surface area (Å²) in [7, 11) is 0. The first-order valence-corrected chi connectivity index (χ1v) is 8.29. The molecule has 0 saturated carbocycles. The Labute approximate surface area is 119 Å². The third kappa shape index (κ3) is 2.39. The van der Waals surface area contributed by atoms with Crippen molar-refractivity contribution in [3.63, 3.8) is 0 Å². The van der Waals surface area contributed by atoms with Gasteiger partial charge >= 0.3 is 5.97 Å². The number of aryl methyl sites for hydroxylation is 1. The Hall–Kier alpha value is -1.01. The van der Waals surface area contributed by atoms with Crippen LogP contribution in [0.4, 0.5) is 0 Å². The smallest absolute Gasteiger partial charge is 0.308 e. The number of carbonyl (C=O) groups excluding carboxylic acids is 1. The van der Waals surface area contributed by atoms with Crippen LogP contribution in [-0.4, -0.2) is 40.7 Å². The van der Waals surface area contributed by atoms with Crippen LogP contribution in [0.3, 0.4) is 0 Å². The number of hydrogen-bond donors (Lipinski definition) is 1. The van der Waals surface area contributed by atoms with Crippen LogP contribution in [0.2, 0.25) is 0 Å². The van der Waals surface area contributed by atoms with Crippen LogP contribution in [0.25, 0.3) is 0 Å². The van der Waals surface area contributed by atoms with Gasteiger partial charge in [0.2, 0.25) is 5.91 Å². The number of hydrogen-bond acceptors (Lipinski definition) is 4. The zero-order chi connectivity index (χ0) is 13.4. The standard InChI is InChI=1S/C13H15NO3S2/c15-12(14-4-1-8(7-14)13(16)17)11-9-2-5-18-10(9)3-6-19-11/h2,5,8,11H,1,3-4,6-7H2,(H,16,17)/t8-,11+/m0/s1. The van der Waals surface area contributed by atoms with Crippen molar-refractivity contribution in [2.75, 3.05) is 18.8 Å². The van der Waals surface area contributed by atoms with Crippen LogP contribution in [0.5, 0.6) is 0 Å². The molecule has 0 radical (unpaired) electrons. The van der Waals surface area contributed by atoms with Gasteiger partial charge in [0.25, 0.3) is 0 Å². The third-order valence-electron chi connectivity index (χ3n) is 3.75. The molecule has 0 aromatic carbocycles. The van der Waals surface area contributed by atoms with E-state index in [4.69, 9.17) is 5.11 Å². The molecule has 0 spiro atoms. The van der Waals surface area contributed by atoms with Crippen LogP contribution in [-0.2, 0) is 16.0 Å². The van der Waals surface area contributed by atoms with Crippen molar-refractivity contribution < 1.29 is 14.7 Å². The van der Waals surface area contributed by atoms with E-state index in [2.05, 4.69) is 0 Å². The first kappa shape index (κ1) is 13.0. The fraction of sp³-hybridized carbons (Fsp3) is 0.538. The highest BCUT2D eigenvalue weighted by atomic mass is 32.2. The van der Waals surface area contributed by atoms with Gasteiger partial charge in [0.05, 0.1) is 5.92 Å². The lowest BCUT2D eigenvalue weighted by Crippen LogP contribution is -2.34. The van der Waals surface area contributed by atoms with Crippen LogP contribution >= 0.6 is 23.1 Å². The molecule has 3 heterocycles. The van der Waals surface area contributed by atoms with E-state index < -0.39 is 5.97 Å². The molecule has 2 aliphatic rings. The molecular weight excluding hydrogens is 282 g/mol. The molecule has 2 atom stereocenters. The van der Waals surface area contributed by atoms with Gasteiger partial charge in [0.1, 0.15) is 5.25 Å². The van der Waals surface area contributed by atoms with Gasteiger partial charge in [-0.3, -0.25) is 9.59 Å². The number of rotatable bonds is 2. The molecule has 4 nitrogen and oxygen atoms in total. The number of thiophene rings is 1. The topological polar surface area (TPSA) is 57.6 Å². The minimum atomic E-state index is -0.789. The number of thioether (sulfide) groups is 1. The molecule has 1 amide bonds. The van der Waals surface area contributed by atoms with Crippen LogP contribution < -0.4 is 0 Å². The zero-order valence-electron chi connectivity index (χ0n) is 10.4. The van der Waals surface area contributed by atoms with Crippen molar-refractivity contribution in [2.45, 2.75) is 18.1 Å². The van der Waals surface area contributed by atoms with Gasteiger partial charge in [0.15, 0.2) is 0 Å². The van der Waals surface area contributed by atoms with E-state index in [-0.39, 0.29) is 17.1 Å². The van der Waals surface area contributed by atoms with E-state index in [1.807, 2.05) is 11.4 Å². The van der Waals surface area contributed by atoms with E-state index >= 15 is 0 Å². The van der Waals surface area contributed by atoms with Crippen LogP contribution in [0.15, 0.2) is 11.4 Å². The van der Waals surface area contributed by atoms with Crippen molar-refractivity contribution in [3.8, 4) is 0 Å². The molecule has 1 N–H and O–H groups in total. The third-order valence-corrected chi connectivity index (χ3v) is 5.97. The highest BCUT2D eigenvalue weighted by Crippen LogP contribution is 2.41. The summed E-state index contributed by atoms with van der Waals surface area (Å²) in [6, 6.07) is 2.04. The Kier molecular flexibility index (Phi) is 3.54. The average Bonchev–Trinajstić information content (AvgIpc) is 3.06. The lowest BCUT2D eigenvalue weighted by molar-refractivity contribution is -0.141. The molecule has 3 rings (SSSR count). The number of carboxylic acids is 1. The number of likely N-dealkylation sites (tertiary alicyclic amines) is 1. The van der Waals surface area contributed by atoms with Crippen molar-refractivity contribution in [1.29, 1.82) is 0 Å². The summed E-state index contributed by atoms with van der Waals surface area (Å²) in [5, 5.41) is 10.9. The molecule has 1 saturated heterocycles. The highest BCUT2D eigenvalue weighted by Gasteiger charge is 2.36. The summed E-state index contributed by atoms with van der Waals surface area (Å²) in [6.07, 6.45) is 1.62. The monoisotopic (exact) mass is 297 g/mol. The number of fused-ring (bicyclic) bond motifs is 1. The number of nitrogens with zero attached hydrogens (tertiary/aromatic N) is 1. The summed E-state index contributed by atoms with van der Waals surface area (Å²) in [6.45, 7) is 0.941. The normalized spacial score (nSPS) is 26.2. The summed E-state index contributed by atoms with van der Waals surface area (Å²) < 4.78 is 0. The van der Waals surface area contributed by atoms with E-state index in [1.54, 1.807) is 28.0 Å². The van der Waals surface area contributed by atoms with Gasteiger partial charge in [-0.1, -0.05) is 0 Å². The second-order valence-corrected chi connectivity index (χ2v) is 7.12. The van der Waals surface area contributed by atoms with Crippen molar-refractivity contribution in [2.24, 2.45) is 5.92 Å². The van der Waals surface area contributed by atoms with E-state index in [0.717, 1.165) is 17.7 Å². The SMILES string of the molecule is O=C(O)[C@H]1CCN(C(=O)[C@@H]2SCCc3sccc32)C1. The number of amides is 1.